The number of fused-ring (bicyclic) bond motifs is 1. The van der Waals surface area contributed by atoms with Gasteiger partial charge in [-0.2, -0.15) is 0 Å². The standard InChI is InChI=1S/C12H10O5/c1-15-8-3-4-9-7(5-8)6-10(12(14)16-2)17-11(9)13/h3-6H,1-2H3. The van der Waals surface area contributed by atoms with Crippen LogP contribution in [0, 0.1) is 0 Å². The molecule has 5 nitrogen and oxygen atoms in total. The number of carbonyl (C=O) groups excluding carboxylic acids is 1. The molecule has 0 radical (unpaired) electrons. The molecule has 2 rings (SSSR count). The summed E-state index contributed by atoms with van der Waals surface area (Å²) in [6.07, 6.45) is 0. The van der Waals surface area contributed by atoms with Crippen molar-refractivity contribution in [1.82, 2.24) is 0 Å². The topological polar surface area (TPSA) is 65.7 Å². The predicted molar refractivity (Wildman–Crippen MR) is 60.4 cm³/mol. The van der Waals surface area contributed by atoms with E-state index in [1.807, 2.05) is 0 Å². The third-order valence-electron chi connectivity index (χ3n) is 2.35. The van der Waals surface area contributed by atoms with Gasteiger partial charge in [-0.05, 0) is 29.7 Å². The number of rotatable bonds is 2. The fraction of sp³-hybridized carbons (Fsp3) is 0.167. The third kappa shape index (κ3) is 1.99. The minimum atomic E-state index is -0.688. The van der Waals surface area contributed by atoms with E-state index in [-0.39, 0.29) is 5.76 Å². The Hall–Kier alpha value is -2.30. The van der Waals surface area contributed by atoms with Crippen LogP contribution in [0.15, 0.2) is 33.5 Å². The molecular weight excluding hydrogens is 224 g/mol. The highest BCUT2D eigenvalue weighted by atomic mass is 16.5. The van der Waals surface area contributed by atoms with E-state index in [1.54, 1.807) is 18.2 Å². The third-order valence-corrected chi connectivity index (χ3v) is 2.35. The lowest BCUT2D eigenvalue weighted by Gasteiger charge is -2.03. The molecular formula is C12H10O5. The summed E-state index contributed by atoms with van der Waals surface area (Å²) >= 11 is 0. The van der Waals surface area contributed by atoms with Gasteiger partial charge in [-0.25, -0.2) is 9.59 Å². The highest BCUT2D eigenvalue weighted by Gasteiger charge is 2.12. The van der Waals surface area contributed by atoms with Gasteiger partial charge in [0.15, 0.2) is 0 Å². The van der Waals surface area contributed by atoms with Crippen molar-refractivity contribution in [3.8, 4) is 5.75 Å². The average molecular weight is 234 g/mol. The molecule has 0 aliphatic heterocycles. The summed E-state index contributed by atoms with van der Waals surface area (Å²) in [5.74, 6) is -0.219. The Kier molecular flexibility index (Phi) is 2.82. The molecule has 0 amide bonds. The minimum absolute atomic E-state index is 0.127. The molecule has 1 aromatic carbocycles. The second-order valence-corrected chi connectivity index (χ2v) is 3.34. The van der Waals surface area contributed by atoms with Gasteiger partial charge in [0.05, 0.1) is 19.6 Å². The van der Waals surface area contributed by atoms with Gasteiger partial charge in [0, 0.05) is 0 Å². The number of esters is 1. The fourth-order valence-corrected chi connectivity index (χ4v) is 1.50. The lowest BCUT2D eigenvalue weighted by molar-refractivity contribution is 0.0560. The van der Waals surface area contributed by atoms with Crippen LogP contribution < -0.4 is 10.4 Å². The largest absolute Gasteiger partial charge is 0.497 e. The van der Waals surface area contributed by atoms with Crippen molar-refractivity contribution in [3.05, 3.63) is 40.4 Å². The maximum absolute atomic E-state index is 11.6. The first-order valence-corrected chi connectivity index (χ1v) is 4.86. The summed E-state index contributed by atoms with van der Waals surface area (Å²) in [5, 5.41) is 0.958. The molecule has 1 heterocycles. The van der Waals surface area contributed by atoms with Crippen molar-refractivity contribution < 1.29 is 18.7 Å². The van der Waals surface area contributed by atoms with Crippen LogP contribution in [0.1, 0.15) is 10.6 Å². The molecule has 0 saturated heterocycles. The molecule has 5 heteroatoms. The van der Waals surface area contributed by atoms with Crippen molar-refractivity contribution in [3.63, 3.8) is 0 Å². The van der Waals surface area contributed by atoms with E-state index >= 15 is 0 Å². The Morgan fingerprint density at radius 2 is 2.00 bits per heavy atom. The van der Waals surface area contributed by atoms with E-state index in [0.29, 0.717) is 16.5 Å². The number of carbonyl (C=O) groups is 1. The van der Waals surface area contributed by atoms with Crippen LogP contribution in [0.4, 0.5) is 0 Å². The smallest absolute Gasteiger partial charge is 0.374 e. The van der Waals surface area contributed by atoms with Crippen LogP contribution in [0.5, 0.6) is 5.75 Å². The van der Waals surface area contributed by atoms with E-state index in [0.717, 1.165) is 0 Å². The van der Waals surface area contributed by atoms with Gasteiger partial charge in [-0.15, -0.1) is 0 Å². The number of methoxy groups -OCH3 is 2. The normalized spacial score (nSPS) is 10.2. The summed E-state index contributed by atoms with van der Waals surface area (Å²) < 4.78 is 14.4. The minimum Gasteiger partial charge on any atom is -0.497 e. The lowest BCUT2D eigenvalue weighted by atomic mass is 10.1. The zero-order valence-electron chi connectivity index (χ0n) is 9.35. The molecule has 0 saturated carbocycles. The number of benzene rings is 1. The lowest BCUT2D eigenvalue weighted by Crippen LogP contribution is -2.08. The predicted octanol–water partition coefficient (Wildman–Crippen LogP) is 1.59. The van der Waals surface area contributed by atoms with Gasteiger partial charge >= 0.3 is 11.6 Å². The van der Waals surface area contributed by atoms with Crippen molar-refractivity contribution in [1.29, 1.82) is 0 Å². The van der Waals surface area contributed by atoms with Crippen LogP contribution in [-0.4, -0.2) is 20.2 Å². The highest BCUT2D eigenvalue weighted by Crippen LogP contribution is 2.19. The summed E-state index contributed by atoms with van der Waals surface area (Å²) in [4.78, 5) is 22.9. The van der Waals surface area contributed by atoms with Gasteiger partial charge in [-0.1, -0.05) is 0 Å². The van der Waals surface area contributed by atoms with E-state index in [4.69, 9.17) is 9.15 Å². The molecule has 0 aliphatic carbocycles. The Bertz CT molecular complexity index is 626. The fourth-order valence-electron chi connectivity index (χ4n) is 1.50. The van der Waals surface area contributed by atoms with E-state index in [2.05, 4.69) is 4.74 Å². The molecule has 0 fully saturated rings. The van der Waals surface area contributed by atoms with E-state index in [1.165, 1.54) is 20.3 Å². The zero-order valence-corrected chi connectivity index (χ0v) is 9.35. The summed E-state index contributed by atoms with van der Waals surface area (Å²) in [6.45, 7) is 0. The van der Waals surface area contributed by atoms with Crippen molar-refractivity contribution >= 4 is 16.7 Å². The van der Waals surface area contributed by atoms with Gasteiger partial charge in [0.2, 0.25) is 5.76 Å². The molecule has 0 bridgehead atoms. The first-order chi connectivity index (χ1) is 8.15. The van der Waals surface area contributed by atoms with Gasteiger partial charge in [0.1, 0.15) is 5.75 Å². The Labute approximate surface area is 96.6 Å². The average Bonchev–Trinajstić information content (AvgIpc) is 2.36. The van der Waals surface area contributed by atoms with E-state index in [9.17, 15) is 9.59 Å². The first kappa shape index (κ1) is 11.2. The highest BCUT2D eigenvalue weighted by molar-refractivity contribution is 5.92. The number of hydrogen-bond acceptors (Lipinski definition) is 5. The number of ether oxygens (including phenoxy) is 2. The quantitative estimate of drug-likeness (QED) is 0.738. The molecule has 1 aromatic heterocycles. The second kappa shape index (κ2) is 4.29. The first-order valence-electron chi connectivity index (χ1n) is 4.86. The Morgan fingerprint density at radius 3 is 2.65 bits per heavy atom. The van der Waals surface area contributed by atoms with Crippen molar-refractivity contribution in [2.24, 2.45) is 0 Å². The second-order valence-electron chi connectivity index (χ2n) is 3.34. The molecule has 0 N–H and O–H groups in total. The maximum atomic E-state index is 11.6. The van der Waals surface area contributed by atoms with Crippen LogP contribution >= 0.6 is 0 Å². The molecule has 2 aromatic rings. The molecule has 88 valence electrons. The summed E-state index contributed by atoms with van der Waals surface area (Å²) in [7, 11) is 2.74. The van der Waals surface area contributed by atoms with Crippen molar-refractivity contribution in [2.45, 2.75) is 0 Å². The van der Waals surface area contributed by atoms with Crippen LogP contribution in [0.2, 0.25) is 0 Å². The molecule has 0 unspecified atom stereocenters. The zero-order chi connectivity index (χ0) is 12.4. The van der Waals surface area contributed by atoms with Gasteiger partial charge < -0.3 is 13.9 Å². The van der Waals surface area contributed by atoms with Gasteiger partial charge in [0.25, 0.3) is 0 Å². The molecule has 0 aliphatic rings. The Balaban J connectivity index is 2.70. The Morgan fingerprint density at radius 1 is 1.24 bits per heavy atom. The SMILES string of the molecule is COC(=O)c1cc2cc(OC)ccc2c(=O)o1. The van der Waals surface area contributed by atoms with Crippen molar-refractivity contribution in [2.75, 3.05) is 14.2 Å². The monoisotopic (exact) mass is 234 g/mol. The summed E-state index contributed by atoms with van der Waals surface area (Å²) in [5.41, 5.74) is -0.578. The van der Waals surface area contributed by atoms with Gasteiger partial charge in [-0.3, -0.25) is 0 Å². The summed E-state index contributed by atoms with van der Waals surface area (Å²) in [6, 6.07) is 6.34. The van der Waals surface area contributed by atoms with E-state index < -0.39 is 11.6 Å². The maximum Gasteiger partial charge on any atom is 0.374 e. The van der Waals surface area contributed by atoms with Crippen LogP contribution in [0.3, 0.4) is 0 Å². The van der Waals surface area contributed by atoms with Crippen LogP contribution in [-0.2, 0) is 4.74 Å². The molecule has 17 heavy (non-hydrogen) atoms. The van der Waals surface area contributed by atoms with Crippen LogP contribution in [0.25, 0.3) is 10.8 Å². The molecule has 0 atom stereocenters. The molecule has 0 spiro atoms. The number of hydrogen-bond donors (Lipinski definition) is 0.